The van der Waals surface area contributed by atoms with Gasteiger partial charge in [-0.3, -0.25) is 4.57 Å². The van der Waals surface area contributed by atoms with Crippen molar-refractivity contribution >= 4 is 11.6 Å². The summed E-state index contributed by atoms with van der Waals surface area (Å²) in [6, 6.07) is 0. The third-order valence-corrected chi connectivity index (χ3v) is 2.06. The van der Waals surface area contributed by atoms with Gasteiger partial charge in [-0.05, 0) is 25.4 Å². The Morgan fingerprint density at radius 3 is 2.23 bits per heavy atom. The van der Waals surface area contributed by atoms with Crippen LogP contribution in [0.2, 0.25) is 5.28 Å². The highest BCUT2D eigenvalue weighted by molar-refractivity contribution is 6.28. The van der Waals surface area contributed by atoms with E-state index in [1.54, 1.807) is 0 Å². The van der Waals surface area contributed by atoms with E-state index < -0.39 is 11.7 Å². The lowest BCUT2D eigenvalue weighted by Crippen LogP contribution is -2.41. The fraction of sp³-hybridized carbons (Fsp3) is 0.667. The largest absolute Gasteiger partial charge is 0.411 e. The molecule has 0 aliphatic rings. The van der Waals surface area contributed by atoms with Crippen LogP contribution in [0.1, 0.15) is 13.8 Å². The van der Waals surface area contributed by atoms with Crippen LogP contribution in [-0.4, -0.2) is 20.9 Å². The van der Waals surface area contributed by atoms with Crippen molar-refractivity contribution in [1.29, 1.82) is 0 Å². The summed E-state index contributed by atoms with van der Waals surface area (Å²) in [5, 5.41) is 6.28. The Hall–Kier alpha value is -0.780. The van der Waals surface area contributed by atoms with Crippen molar-refractivity contribution in [2.45, 2.75) is 25.6 Å². The summed E-state index contributed by atoms with van der Waals surface area (Å²) < 4.78 is 38.1. The molecule has 3 nitrogen and oxygen atoms in total. The number of hydrogen-bond donors (Lipinski definition) is 0. The first kappa shape index (κ1) is 10.3. The van der Waals surface area contributed by atoms with Crippen molar-refractivity contribution < 1.29 is 13.2 Å². The fourth-order valence-corrected chi connectivity index (χ4v) is 1.03. The number of aromatic nitrogens is 3. The molecule has 0 unspecified atom stereocenters. The predicted molar refractivity (Wildman–Crippen MR) is 40.4 cm³/mol. The molecule has 0 fully saturated rings. The maximum Gasteiger partial charge on any atom is 0.411 e. The second-order valence-electron chi connectivity index (χ2n) is 3.03. The first-order chi connectivity index (χ1) is 5.77. The van der Waals surface area contributed by atoms with Gasteiger partial charge in [0.1, 0.15) is 11.9 Å². The molecular weight excluding hydrogens is 207 g/mol. The Morgan fingerprint density at radius 2 is 1.92 bits per heavy atom. The van der Waals surface area contributed by atoms with Crippen LogP contribution >= 0.6 is 11.6 Å². The highest BCUT2D eigenvalue weighted by atomic mass is 35.5. The van der Waals surface area contributed by atoms with Gasteiger partial charge in [0.25, 0.3) is 0 Å². The third-order valence-electron chi connectivity index (χ3n) is 1.80. The van der Waals surface area contributed by atoms with Crippen LogP contribution in [0.5, 0.6) is 0 Å². The lowest BCUT2D eigenvalue weighted by Gasteiger charge is -2.28. The molecule has 0 atom stereocenters. The summed E-state index contributed by atoms with van der Waals surface area (Å²) in [6.07, 6.45) is -3.44. The summed E-state index contributed by atoms with van der Waals surface area (Å²) in [5.74, 6) is 0. The van der Waals surface area contributed by atoms with E-state index in [2.05, 4.69) is 10.2 Å². The summed E-state index contributed by atoms with van der Waals surface area (Å²) >= 11 is 5.42. The number of rotatable bonds is 1. The zero-order valence-electron chi connectivity index (χ0n) is 6.93. The molecule has 0 amide bonds. The Morgan fingerprint density at radius 1 is 1.38 bits per heavy atom. The van der Waals surface area contributed by atoms with Crippen LogP contribution in [0.25, 0.3) is 0 Å². The highest BCUT2D eigenvalue weighted by Gasteiger charge is 2.49. The molecule has 0 N–H and O–H groups in total. The van der Waals surface area contributed by atoms with Gasteiger partial charge in [0.05, 0.1) is 0 Å². The summed E-state index contributed by atoms with van der Waals surface area (Å²) in [4.78, 5) is 0. The highest BCUT2D eigenvalue weighted by Crippen LogP contribution is 2.37. The average Bonchev–Trinajstić information content (AvgIpc) is 2.32. The monoisotopic (exact) mass is 213 g/mol. The van der Waals surface area contributed by atoms with Crippen molar-refractivity contribution in [3.63, 3.8) is 0 Å². The van der Waals surface area contributed by atoms with Crippen LogP contribution in [0, 0.1) is 0 Å². The Bertz CT molecular complexity index is 304. The average molecular weight is 214 g/mol. The van der Waals surface area contributed by atoms with E-state index in [1.165, 1.54) is 0 Å². The van der Waals surface area contributed by atoms with Gasteiger partial charge in [-0.25, -0.2) is 0 Å². The molecule has 0 spiro atoms. The summed E-state index contributed by atoms with van der Waals surface area (Å²) in [5.41, 5.74) is -2.09. The Kier molecular flexibility index (Phi) is 2.27. The van der Waals surface area contributed by atoms with Gasteiger partial charge in [-0.1, -0.05) is 0 Å². The fourth-order valence-electron chi connectivity index (χ4n) is 0.732. The normalized spacial score (nSPS) is 13.4. The number of halogens is 4. The van der Waals surface area contributed by atoms with E-state index in [0.29, 0.717) is 0 Å². The van der Waals surface area contributed by atoms with E-state index in [9.17, 15) is 13.2 Å². The van der Waals surface area contributed by atoms with Gasteiger partial charge in [-0.15, -0.1) is 10.2 Å². The van der Waals surface area contributed by atoms with E-state index in [1.807, 2.05) is 0 Å². The van der Waals surface area contributed by atoms with Gasteiger partial charge < -0.3 is 0 Å². The minimum Gasteiger partial charge on any atom is -0.289 e. The zero-order valence-corrected chi connectivity index (χ0v) is 7.69. The molecule has 0 radical (unpaired) electrons. The smallest absolute Gasteiger partial charge is 0.289 e. The van der Waals surface area contributed by atoms with Crippen molar-refractivity contribution in [2.75, 3.05) is 0 Å². The lowest BCUT2D eigenvalue weighted by molar-refractivity contribution is -0.202. The zero-order chi connectivity index (χ0) is 10.3. The molecule has 0 aliphatic heterocycles. The summed E-state index contributed by atoms with van der Waals surface area (Å²) in [7, 11) is 0. The Labute approximate surface area is 77.5 Å². The third kappa shape index (κ3) is 1.63. The molecular formula is C6H7ClF3N3. The summed E-state index contributed by atoms with van der Waals surface area (Å²) in [6.45, 7) is 2.00. The first-order valence-corrected chi connectivity index (χ1v) is 3.77. The van der Waals surface area contributed by atoms with E-state index in [0.717, 1.165) is 24.7 Å². The van der Waals surface area contributed by atoms with Crippen LogP contribution < -0.4 is 0 Å². The van der Waals surface area contributed by atoms with E-state index in [4.69, 9.17) is 11.6 Å². The number of nitrogens with zero attached hydrogens (tertiary/aromatic N) is 3. The molecule has 1 heterocycles. The minimum atomic E-state index is -4.39. The molecule has 0 saturated carbocycles. The molecule has 13 heavy (non-hydrogen) atoms. The van der Waals surface area contributed by atoms with Gasteiger partial charge in [0.2, 0.25) is 5.28 Å². The van der Waals surface area contributed by atoms with Crippen molar-refractivity contribution in [1.82, 2.24) is 14.8 Å². The van der Waals surface area contributed by atoms with Crippen LogP contribution in [0.4, 0.5) is 13.2 Å². The van der Waals surface area contributed by atoms with Gasteiger partial charge in [0, 0.05) is 0 Å². The van der Waals surface area contributed by atoms with Gasteiger partial charge >= 0.3 is 6.18 Å². The van der Waals surface area contributed by atoms with E-state index >= 15 is 0 Å². The SMILES string of the molecule is CC(C)(n1cnnc1Cl)C(F)(F)F. The second kappa shape index (κ2) is 2.87. The van der Waals surface area contributed by atoms with E-state index in [-0.39, 0.29) is 5.28 Å². The number of hydrogen-bond acceptors (Lipinski definition) is 2. The van der Waals surface area contributed by atoms with Crippen LogP contribution in [0.15, 0.2) is 6.33 Å². The lowest BCUT2D eigenvalue weighted by atomic mass is 10.1. The molecule has 0 aliphatic carbocycles. The maximum absolute atomic E-state index is 12.4. The molecule has 0 aromatic carbocycles. The molecule has 1 aromatic heterocycles. The molecule has 0 bridgehead atoms. The van der Waals surface area contributed by atoms with Gasteiger partial charge in [0.15, 0.2) is 0 Å². The second-order valence-corrected chi connectivity index (χ2v) is 3.36. The predicted octanol–water partition coefficient (Wildman–Crippen LogP) is 2.23. The van der Waals surface area contributed by atoms with Crippen LogP contribution in [-0.2, 0) is 5.54 Å². The number of alkyl halides is 3. The van der Waals surface area contributed by atoms with Crippen molar-refractivity contribution in [3.8, 4) is 0 Å². The molecule has 1 rings (SSSR count). The van der Waals surface area contributed by atoms with Crippen molar-refractivity contribution in [3.05, 3.63) is 11.6 Å². The minimum absolute atomic E-state index is 0.276. The first-order valence-electron chi connectivity index (χ1n) is 3.39. The van der Waals surface area contributed by atoms with Crippen LogP contribution in [0.3, 0.4) is 0 Å². The molecule has 0 saturated heterocycles. The van der Waals surface area contributed by atoms with Gasteiger partial charge in [-0.2, -0.15) is 13.2 Å². The quantitative estimate of drug-likeness (QED) is 0.716. The molecule has 74 valence electrons. The van der Waals surface area contributed by atoms with Crippen molar-refractivity contribution in [2.24, 2.45) is 0 Å². The molecule has 7 heteroatoms. The maximum atomic E-state index is 12.4. The Balaban J connectivity index is 3.15. The topological polar surface area (TPSA) is 30.7 Å². The standard InChI is InChI=1S/C6H7ClF3N3/c1-5(2,6(8,9)10)13-3-11-12-4(13)7/h3H,1-2H3. The molecule has 1 aromatic rings.